The Morgan fingerprint density at radius 3 is 2.65 bits per heavy atom. The third-order valence-corrected chi connectivity index (χ3v) is 3.63. The number of pyridine rings is 1. The first-order valence-electron chi connectivity index (χ1n) is 6.40. The normalized spacial score (nSPS) is 11.4. The minimum atomic E-state index is 0.0358. The Bertz CT molecular complexity index is 615. The molecule has 2 rings (SSSR count). The molecule has 0 radical (unpaired) electrons. The summed E-state index contributed by atoms with van der Waals surface area (Å²) in [6.07, 6.45) is 0.713. The van der Waals surface area contributed by atoms with Crippen LogP contribution in [0.15, 0.2) is 17.5 Å². The lowest BCUT2D eigenvalue weighted by atomic mass is 9.93. The van der Waals surface area contributed by atoms with E-state index in [0.717, 1.165) is 16.4 Å². The molecule has 0 aromatic carbocycles. The Morgan fingerprint density at radius 2 is 2.05 bits per heavy atom. The van der Waals surface area contributed by atoms with E-state index in [0.29, 0.717) is 24.3 Å². The SMILES string of the molecule is Cc1ccc(OCc2nc(C(C)(C)C)cs2)c(C=O)n1. The molecule has 0 aliphatic rings. The van der Waals surface area contributed by atoms with Gasteiger partial charge >= 0.3 is 0 Å². The minimum Gasteiger partial charge on any atom is -0.484 e. The lowest BCUT2D eigenvalue weighted by Crippen LogP contribution is -2.11. The largest absolute Gasteiger partial charge is 0.484 e. The highest BCUT2D eigenvalue weighted by Crippen LogP contribution is 2.25. The van der Waals surface area contributed by atoms with E-state index in [1.54, 1.807) is 17.4 Å². The Balaban J connectivity index is 2.09. The average molecular weight is 290 g/mol. The molecule has 0 bridgehead atoms. The standard InChI is InChI=1S/C15H18N2O2S/c1-10-5-6-12(11(7-18)16-10)19-8-14-17-13(9-20-14)15(2,3)4/h5-7,9H,8H2,1-4H3. The topological polar surface area (TPSA) is 52.1 Å². The van der Waals surface area contributed by atoms with E-state index in [2.05, 4.69) is 30.7 Å². The molecule has 4 nitrogen and oxygen atoms in total. The number of aldehydes is 1. The fourth-order valence-electron chi connectivity index (χ4n) is 1.63. The molecule has 2 heterocycles. The first-order chi connectivity index (χ1) is 9.40. The van der Waals surface area contributed by atoms with Crippen molar-refractivity contribution in [3.63, 3.8) is 0 Å². The van der Waals surface area contributed by atoms with E-state index >= 15 is 0 Å². The molecule has 2 aromatic heterocycles. The quantitative estimate of drug-likeness (QED) is 0.808. The molecule has 0 saturated heterocycles. The van der Waals surface area contributed by atoms with Crippen LogP contribution < -0.4 is 4.74 Å². The number of thiazole rings is 1. The number of rotatable bonds is 4. The van der Waals surface area contributed by atoms with E-state index in [1.807, 2.05) is 18.4 Å². The molecule has 0 spiro atoms. The van der Waals surface area contributed by atoms with Gasteiger partial charge in [0.2, 0.25) is 0 Å². The number of aromatic nitrogens is 2. The predicted molar refractivity (Wildman–Crippen MR) is 79.5 cm³/mol. The van der Waals surface area contributed by atoms with Crippen LogP contribution in [0.3, 0.4) is 0 Å². The molecule has 0 N–H and O–H groups in total. The van der Waals surface area contributed by atoms with E-state index in [9.17, 15) is 4.79 Å². The summed E-state index contributed by atoms with van der Waals surface area (Å²) in [6.45, 7) is 8.57. The molecule has 2 aromatic rings. The lowest BCUT2D eigenvalue weighted by Gasteiger charge is -2.14. The second kappa shape index (κ2) is 5.71. The first kappa shape index (κ1) is 14.7. The molecule has 20 heavy (non-hydrogen) atoms. The highest BCUT2D eigenvalue weighted by atomic mass is 32.1. The summed E-state index contributed by atoms with van der Waals surface area (Å²) >= 11 is 1.57. The Kier molecular flexibility index (Phi) is 4.18. The van der Waals surface area contributed by atoms with Crippen molar-refractivity contribution in [1.29, 1.82) is 0 Å². The van der Waals surface area contributed by atoms with Gasteiger partial charge in [-0.05, 0) is 19.1 Å². The zero-order valence-corrected chi connectivity index (χ0v) is 13.0. The molecule has 0 atom stereocenters. The lowest BCUT2D eigenvalue weighted by molar-refractivity contribution is 0.111. The first-order valence-corrected chi connectivity index (χ1v) is 7.28. The van der Waals surface area contributed by atoms with Gasteiger partial charge in [0.05, 0.1) is 5.69 Å². The number of carbonyl (C=O) groups excluding carboxylic acids is 1. The second-order valence-electron chi connectivity index (χ2n) is 5.62. The van der Waals surface area contributed by atoms with Gasteiger partial charge in [0, 0.05) is 16.5 Å². The zero-order chi connectivity index (χ0) is 14.8. The summed E-state index contributed by atoms with van der Waals surface area (Å²) in [6, 6.07) is 3.59. The van der Waals surface area contributed by atoms with E-state index in [4.69, 9.17) is 4.74 Å². The molecule has 0 fully saturated rings. The van der Waals surface area contributed by atoms with Gasteiger partial charge in [0.15, 0.2) is 6.29 Å². The van der Waals surface area contributed by atoms with E-state index in [1.165, 1.54) is 0 Å². The van der Waals surface area contributed by atoms with Gasteiger partial charge in [-0.25, -0.2) is 9.97 Å². The van der Waals surface area contributed by atoms with Crippen LogP contribution >= 0.6 is 11.3 Å². The number of aryl methyl sites for hydroxylation is 1. The maximum Gasteiger partial charge on any atom is 0.172 e. The zero-order valence-electron chi connectivity index (χ0n) is 12.1. The predicted octanol–water partition coefficient (Wildman–Crippen LogP) is 3.54. The molecule has 5 heteroatoms. The number of nitrogens with zero attached hydrogens (tertiary/aromatic N) is 2. The van der Waals surface area contributed by atoms with Crippen LogP contribution in [0.25, 0.3) is 0 Å². The highest BCUT2D eigenvalue weighted by molar-refractivity contribution is 7.09. The van der Waals surface area contributed by atoms with Crippen molar-refractivity contribution in [1.82, 2.24) is 9.97 Å². The van der Waals surface area contributed by atoms with Crippen LogP contribution in [0.1, 0.15) is 47.7 Å². The fourth-order valence-corrected chi connectivity index (χ4v) is 2.56. The van der Waals surface area contributed by atoms with Crippen molar-refractivity contribution in [3.05, 3.63) is 39.6 Å². The smallest absolute Gasteiger partial charge is 0.172 e. The monoisotopic (exact) mass is 290 g/mol. The van der Waals surface area contributed by atoms with Crippen molar-refractivity contribution in [3.8, 4) is 5.75 Å². The van der Waals surface area contributed by atoms with Crippen LogP contribution in [-0.4, -0.2) is 16.3 Å². The van der Waals surface area contributed by atoms with Crippen molar-refractivity contribution < 1.29 is 9.53 Å². The van der Waals surface area contributed by atoms with Gasteiger partial charge in [-0.15, -0.1) is 11.3 Å². The average Bonchev–Trinajstić information content (AvgIpc) is 2.86. The van der Waals surface area contributed by atoms with E-state index < -0.39 is 0 Å². The molecule has 0 saturated carbocycles. The third-order valence-electron chi connectivity index (χ3n) is 2.81. The van der Waals surface area contributed by atoms with Crippen molar-refractivity contribution in [2.75, 3.05) is 0 Å². The van der Waals surface area contributed by atoms with Crippen molar-refractivity contribution in [2.24, 2.45) is 0 Å². The molecule has 0 amide bonds. The number of ether oxygens (including phenoxy) is 1. The molecule has 0 aliphatic heterocycles. The Hall–Kier alpha value is -1.75. The molecule has 106 valence electrons. The summed E-state index contributed by atoms with van der Waals surface area (Å²) in [5.41, 5.74) is 2.22. The van der Waals surface area contributed by atoms with Gasteiger partial charge in [0.1, 0.15) is 23.1 Å². The van der Waals surface area contributed by atoms with Gasteiger partial charge < -0.3 is 4.74 Å². The molecule has 0 unspecified atom stereocenters. The highest BCUT2D eigenvalue weighted by Gasteiger charge is 2.17. The maximum atomic E-state index is 11.0. The van der Waals surface area contributed by atoms with Crippen molar-refractivity contribution >= 4 is 17.6 Å². The minimum absolute atomic E-state index is 0.0358. The molecular weight excluding hydrogens is 272 g/mol. The summed E-state index contributed by atoms with van der Waals surface area (Å²) in [4.78, 5) is 19.7. The Morgan fingerprint density at radius 1 is 1.30 bits per heavy atom. The number of carbonyl (C=O) groups is 1. The van der Waals surface area contributed by atoms with Crippen molar-refractivity contribution in [2.45, 2.75) is 39.7 Å². The summed E-state index contributed by atoms with van der Waals surface area (Å²) in [7, 11) is 0. The van der Waals surface area contributed by atoms with Crippen LogP contribution in [0.4, 0.5) is 0 Å². The van der Waals surface area contributed by atoms with Gasteiger partial charge in [-0.2, -0.15) is 0 Å². The van der Waals surface area contributed by atoms with Crippen LogP contribution in [0.5, 0.6) is 5.75 Å². The maximum absolute atomic E-state index is 11.0. The summed E-state index contributed by atoms with van der Waals surface area (Å²) in [5, 5.41) is 2.94. The number of hydrogen-bond acceptors (Lipinski definition) is 5. The Labute approximate surface area is 122 Å². The molecular formula is C15H18N2O2S. The van der Waals surface area contributed by atoms with Gasteiger partial charge in [0.25, 0.3) is 0 Å². The number of hydrogen-bond donors (Lipinski definition) is 0. The third kappa shape index (κ3) is 3.42. The van der Waals surface area contributed by atoms with E-state index in [-0.39, 0.29) is 5.41 Å². The fraction of sp³-hybridized carbons (Fsp3) is 0.400. The van der Waals surface area contributed by atoms with Gasteiger partial charge in [-0.1, -0.05) is 20.8 Å². The van der Waals surface area contributed by atoms with Crippen LogP contribution in [0.2, 0.25) is 0 Å². The second-order valence-corrected chi connectivity index (χ2v) is 6.56. The summed E-state index contributed by atoms with van der Waals surface area (Å²) < 4.78 is 5.65. The van der Waals surface area contributed by atoms with Crippen LogP contribution in [0, 0.1) is 6.92 Å². The molecule has 0 aliphatic carbocycles. The van der Waals surface area contributed by atoms with Crippen LogP contribution in [-0.2, 0) is 12.0 Å². The summed E-state index contributed by atoms with van der Waals surface area (Å²) in [5.74, 6) is 0.498. The van der Waals surface area contributed by atoms with Gasteiger partial charge in [-0.3, -0.25) is 4.79 Å².